The Labute approximate surface area is 182 Å². The van der Waals surface area contributed by atoms with Crippen molar-refractivity contribution in [2.24, 2.45) is 5.73 Å². The van der Waals surface area contributed by atoms with Crippen LogP contribution in [0.15, 0.2) is 35.2 Å². The predicted octanol–water partition coefficient (Wildman–Crippen LogP) is 4.15. The molecule has 158 valence electrons. The maximum atomic E-state index is 12.5. The lowest BCUT2D eigenvalue weighted by Gasteiger charge is -2.18. The third kappa shape index (κ3) is 5.07. The molecule has 2 aliphatic carbocycles. The molecule has 0 aromatic heterocycles. The van der Waals surface area contributed by atoms with Gasteiger partial charge < -0.3 is 16.2 Å². The smallest absolute Gasteiger partial charge is 0.329 e. The number of nitrogens with zero attached hydrogens (tertiary/aromatic N) is 1. The van der Waals surface area contributed by atoms with Gasteiger partial charge in [-0.3, -0.25) is 4.72 Å². The van der Waals surface area contributed by atoms with Crippen LogP contribution in [0.1, 0.15) is 54.5 Å². The van der Waals surface area contributed by atoms with Crippen molar-refractivity contribution in [1.29, 1.82) is 5.26 Å². The average Bonchev–Trinajstić information content (AvgIpc) is 3.35. The summed E-state index contributed by atoms with van der Waals surface area (Å²) < 4.78 is 2.89. The first-order chi connectivity index (χ1) is 14.3. The Hall–Kier alpha value is -2.69. The summed E-state index contributed by atoms with van der Waals surface area (Å²) in [6.07, 6.45) is 7.98. The molecule has 2 aliphatic rings. The lowest BCUT2D eigenvalue weighted by atomic mass is 9.99. The summed E-state index contributed by atoms with van der Waals surface area (Å²) in [6, 6.07) is 9.79. The maximum absolute atomic E-state index is 12.5. The van der Waals surface area contributed by atoms with Crippen LogP contribution in [-0.4, -0.2) is 11.1 Å². The minimum absolute atomic E-state index is 0.180. The van der Waals surface area contributed by atoms with Gasteiger partial charge in [0.25, 0.3) is 0 Å². The molecule has 0 unspecified atom stereocenters. The molecule has 0 bridgehead atoms. The minimum Gasteiger partial charge on any atom is -0.386 e. The van der Waals surface area contributed by atoms with Crippen molar-refractivity contribution in [1.82, 2.24) is 4.72 Å². The molecule has 0 spiro atoms. The monoisotopic (exact) mass is 424 g/mol. The molecule has 4 rings (SSSR count). The molecule has 0 saturated carbocycles. The lowest BCUT2D eigenvalue weighted by Crippen LogP contribution is -2.24. The highest BCUT2D eigenvalue weighted by molar-refractivity contribution is 7.98. The van der Waals surface area contributed by atoms with Crippen LogP contribution in [0.25, 0.3) is 0 Å². The van der Waals surface area contributed by atoms with Crippen LogP contribution in [0.5, 0.6) is 0 Å². The molecular weight excluding hydrogens is 396 g/mol. The van der Waals surface area contributed by atoms with E-state index in [1.807, 2.05) is 24.3 Å². The molecule has 7 heteroatoms. The number of nitriles is 1. The largest absolute Gasteiger partial charge is 0.386 e. The van der Waals surface area contributed by atoms with Crippen molar-refractivity contribution in [3.8, 4) is 6.19 Å². The fourth-order valence-electron chi connectivity index (χ4n) is 4.14. The first-order valence-corrected chi connectivity index (χ1v) is 11.0. The van der Waals surface area contributed by atoms with E-state index in [4.69, 9.17) is 5.26 Å². The Balaban J connectivity index is 0.000000806. The standard InChI is InChI=1S/C22H26N2O2S.CH2N2/c1-22(2,26)16-9-11-17(12-10-16)27-24-21(25)23-20-18-7-3-5-14(18)13-15-6-4-8-19(15)20;2-1-3/h9-13,26H,3-8H2,1-2H3,(H2,23,24,25);2H2. The van der Waals surface area contributed by atoms with Gasteiger partial charge in [-0.15, -0.1) is 0 Å². The number of hydrogen-bond acceptors (Lipinski definition) is 5. The average molecular weight is 425 g/mol. The molecule has 0 aliphatic heterocycles. The first-order valence-electron chi connectivity index (χ1n) is 10.2. The van der Waals surface area contributed by atoms with Crippen molar-refractivity contribution >= 4 is 23.7 Å². The molecule has 2 amide bonds. The highest BCUT2D eigenvalue weighted by atomic mass is 32.2. The summed E-state index contributed by atoms with van der Waals surface area (Å²) >= 11 is 1.29. The van der Waals surface area contributed by atoms with E-state index < -0.39 is 5.60 Å². The van der Waals surface area contributed by atoms with Crippen LogP contribution in [0, 0.1) is 11.5 Å². The van der Waals surface area contributed by atoms with E-state index in [2.05, 4.69) is 21.8 Å². The van der Waals surface area contributed by atoms with Crippen molar-refractivity contribution in [2.45, 2.75) is 62.9 Å². The van der Waals surface area contributed by atoms with Crippen LogP contribution in [-0.2, 0) is 31.3 Å². The Morgan fingerprint density at radius 1 is 1.10 bits per heavy atom. The van der Waals surface area contributed by atoms with E-state index in [-0.39, 0.29) is 6.03 Å². The number of carbonyl (C=O) groups is 1. The number of amides is 2. The van der Waals surface area contributed by atoms with Gasteiger partial charge in [-0.2, -0.15) is 5.26 Å². The minimum atomic E-state index is -0.859. The molecular formula is C23H28N4O2S. The van der Waals surface area contributed by atoms with Gasteiger partial charge in [0.2, 0.25) is 0 Å². The first kappa shape index (κ1) is 22.0. The second-order valence-corrected chi connectivity index (χ2v) is 8.98. The molecule has 0 atom stereocenters. The van der Waals surface area contributed by atoms with Gasteiger partial charge in [0.05, 0.1) is 5.60 Å². The number of nitrogens with two attached hydrogens (primary N) is 1. The van der Waals surface area contributed by atoms with Crippen molar-refractivity contribution < 1.29 is 9.90 Å². The number of fused-ring (bicyclic) bond motifs is 2. The lowest BCUT2D eigenvalue weighted by molar-refractivity contribution is 0.0785. The molecule has 2 aromatic rings. The third-order valence-corrected chi connectivity index (χ3v) is 6.33. The zero-order chi connectivity index (χ0) is 21.7. The summed E-state index contributed by atoms with van der Waals surface area (Å²) in [5.74, 6) is 0. The molecule has 0 saturated heterocycles. The second-order valence-electron chi connectivity index (χ2n) is 8.10. The zero-order valence-corrected chi connectivity index (χ0v) is 18.2. The SMILES string of the molecule is CC(C)(O)c1ccc(SNC(=O)Nc2c3c(cc4c2CCC4)CCC3)cc1.N#CN. The van der Waals surface area contributed by atoms with Gasteiger partial charge in [0.1, 0.15) is 0 Å². The van der Waals surface area contributed by atoms with Crippen molar-refractivity contribution in [3.05, 3.63) is 58.1 Å². The maximum Gasteiger partial charge on any atom is 0.329 e. The highest BCUT2D eigenvalue weighted by Gasteiger charge is 2.25. The summed E-state index contributed by atoms with van der Waals surface area (Å²) in [6.45, 7) is 3.52. The predicted molar refractivity (Wildman–Crippen MR) is 120 cm³/mol. The van der Waals surface area contributed by atoms with E-state index in [1.54, 1.807) is 13.8 Å². The number of urea groups is 1. The number of hydrogen-bond donors (Lipinski definition) is 4. The molecule has 30 heavy (non-hydrogen) atoms. The number of aliphatic hydroxyl groups is 1. The van der Waals surface area contributed by atoms with E-state index in [1.165, 1.54) is 53.2 Å². The number of anilines is 1. The Bertz CT molecular complexity index is 927. The van der Waals surface area contributed by atoms with Crippen LogP contribution < -0.4 is 15.8 Å². The fraction of sp³-hybridized carbons (Fsp3) is 0.391. The van der Waals surface area contributed by atoms with Crippen molar-refractivity contribution in [3.63, 3.8) is 0 Å². The summed E-state index contributed by atoms with van der Waals surface area (Å²) in [5, 5.41) is 20.3. The molecule has 5 N–H and O–H groups in total. The molecule has 0 heterocycles. The Morgan fingerprint density at radius 3 is 2.13 bits per heavy atom. The van der Waals surface area contributed by atoms with Crippen LogP contribution in [0.4, 0.5) is 10.5 Å². The third-order valence-electron chi connectivity index (χ3n) is 5.53. The topological polar surface area (TPSA) is 111 Å². The van der Waals surface area contributed by atoms with Gasteiger partial charge in [0.15, 0.2) is 6.19 Å². The highest BCUT2D eigenvalue weighted by Crippen LogP contribution is 2.38. The van der Waals surface area contributed by atoms with E-state index in [0.29, 0.717) is 0 Å². The van der Waals surface area contributed by atoms with Gasteiger partial charge >= 0.3 is 6.03 Å². The molecule has 2 aromatic carbocycles. The van der Waals surface area contributed by atoms with Gasteiger partial charge in [-0.1, -0.05) is 18.2 Å². The van der Waals surface area contributed by atoms with Crippen LogP contribution in [0.3, 0.4) is 0 Å². The summed E-state index contributed by atoms with van der Waals surface area (Å²) in [5.41, 5.74) is 10.7. The number of aryl methyl sites for hydroxylation is 2. The summed E-state index contributed by atoms with van der Waals surface area (Å²) in [7, 11) is 0. The van der Waals surface area contributed by atoms with Gasteiger partial charge in [0, 0.05) is 10.6 Å². The van der Waals surface area contributed by atoms with E-state index in [9.17, 15) is 9.90 Å². The van der Waals surface area contributed by atoms with Crippen molar-refractivity contribution in [2.75, 3.05) is 5.32 Å². The van der Waals surface area contributed by atoms with Crippen LogP contribution in [0.2, 0.25) is 0 Å². The normalized spacial score (nSPS) is 14.1. The number of rotatable bonds is 4. The van der Waals surface area contributed by atoms with E-state index in [0.717, 1.165) is 41.8 Å². The molecule has 0 radical (unpaired) electrons. The van der Waals surface area contributed by atoms with Gasteiger partial charge in [-0.05, 0) is 104 Å². The quantitative estimate of drug-likeness (QED) is 0.335. The number of carbonyl (C=O) groups excluding carboxylic acids is 1. The fourth-order valence-corrected chi connectivity index (χ4v) is 4.68. The number of nitrogens with one attached hydrogen (secondary N) is 2. The second kappa shape index (κ2) is 9.41. The van der Waals surface area contributed by atoms with Crippen LogP contribution >= 0.6 is 11.9 Å². The zero-order valence-electron chi connectivity index (χ0n) is 17.4. The summed E-state index contributed by atoms with van der Waals surface area (Å²) in [4.78, 5) is 13.5. The molecule has 0 fully saturated rings. The van der Waals surface area contributed by atoms with E-state index >= 15 is 0 Å². The molecule has 6 nitrogen and oxygen atoms in total. The van der Waals surface area contributed by atoms with Gasteiger partial charge in [-0.25, -0.2) is 4.79 Å². The Kier molecular flexibility index (Phi) is 6.91. The number of benzene rings is 2. The Morgan fingerprint density at radius 2 is 1.63 bits per heavy atom.